The van der Waals surface area contributed by atoms with Gasteiger partial charge in [0.15, 0.2) is 0 Å². The highest BCUT2D eigenvalue weighted by atomic mass is 16.6. The van der Waals surface area contributed by atoms with Gasteiger partial charge in [-0.25, -0.2) is 0 Å². The van der Waals surface area contributed by atoms with Gasteiger partial charge in [-0.15, -0.1) is 0 Å². The van der Waals surface area contributed by atoms with Crippen LogP contribution in [0.2, 0.25) is 0 Å². The minimum Gasteiger partial charge on any atom is -0.394 e. The zero-order valence-corrected chi connectivity index (χ0v) is 22.5. The lowest BCUT2D eigenvalue weighted by Crippen LogP contribution is -2.59. The first-order chi connectivity index (χ1) is 19.1. The molecule has 0 radical (unpaired) electrons. The van der Waals surface area contributed by atoms with Crippen molar-refractivity contribution in [2.24, 2.45) is 17.8 Å². The largest absolute Gasteiger partial charge is 0.394 e. The van der Waals surface area contributed by atoms with Gasteiger partial charge in [-0.1, -0.05) is 6.92 Å². The molecule has 0 saturated carbocycles. The fourth-order valence-corrected chi connectivity index (χ4v) is 5.82. The number of hydrogen-bond acceptors (Lipinski definition) is 15. The molecule has 15 nitrogen and oxygen atoms in total. The first-order valence-corrected chi connectivity index (χ1v) is 13.8. The second-order valence-electron chi connectivity index (χ2n) is 10.8. The lowest BCUT2D eigenvalue weighted by Gasteiger charge is -2.44. The Bertz CT molecular complexity index is 726. The summed E-state index contributed by atoms with van der Waals surface area (Å²) in [5.74, 6) is -2.15. The van der Waals surface area contributed by atoms with Gasteiger partial charge in [0.25, 0.3) is 0 Å². The van der Waals surface area contributed by atoms with Gasteiger partial charge in [0.05, 0.1) is 89.5 Å². The van der Waals surface area contributed by atoms with Crippen LogP contribution in [-0.4, -0.2) is 177 Å². The molecular weight excluding hydrogens is 540 g/mol. The maximum Gasteiger partial charge on any atom is 0.110 e. The Kier molecular flexibility index (Phi) is 13.3. The third-order valence-corrected chi connectivity index (χ3v) is 8.37. The van der Waals surface area contributed by atoms with E-state index in [1.807, 2.05) is 6.92 Å². The van der Waals surface area contributed by atoms with Gasteiger partial charge in [-0.3, -0.25) is 0 Å². The zero-order valence-electron chi connectivity index (χ0n) is 22.5. The predicted octanol–water partition coefficient (Wildman–Crippen LogP) is -5.28. The molecule has 3 rings (SSSR count). The number of rotatable bonds is 13. The quantitative estimate of drug-likeness (QED) is 0.0968. The topological polar surface area (TPSA) is 248 Å². The van der Waals surface area contributed by atoms with Crippen molar-refractivity contribution >= 4 is 0 Å². The molecule has 3 saturated heterocycles. The molecule has 0 aromatic heterocycles. The molecule has 6 unspecified atom stereocenters. The molecule has 0 amide bonds. The Hall–Kier alpha value is -0.600. The van der Waals surface area contributed by atoms with E-state index in [0.29, 0.717) is 6.42 Å². The molecule has 10 N–H and O–H groups in total. The van der Waals surface area contributed by atoms with Crippen molar-refractivity contribution in [1.29, 1.82) is 0 Å². The van der Waals surface area contributed by atoms with Gasteiger partial charge in [0, 0.05) is 17.8 Å². The highest BCUT2D eigenvalue weighted by Gasteiger charge is 2.47. The molecule has 15 atom stereocenters. The van der Waals surface area contributed by atoms with Gasteiger partial charge in [-0.2, -0.15) is 0 Å². The SMILES string of the molecule is CC[C@@H]1C(CO)O[C@@H](COC[C@@H]2C(CO)O[C@@H](COC[C@@H]3C(CO)O[C@@H](CO)[C@@H](O)C3O)C(O)[C@@H]2O)[C@@H](O)C1O. The monoisotopic (exact) mass is 586 g/mol. The molecule has 3 aliphatic heterocycles. The molecule has 3 heterocycles. The van der Waals surface area contributed by atoms with Crippen LogP contribution in [0.15, 0.2) is 0 Å². The van der Waals surface area contributed by atoms with E-state index in [9.17, 15) is 51.1 Å². The third kappa shape index (κ3) is 7.48. The van der Waals surface area contributed by atoms with E-state index in [4.69, 9.17) is 23.7 Å². The van der Waals surface area contributed by atoms with Crippen molar-refractivity contribution in [2.75, 3.05) is 52.9 Å². The van der Waals surface area contributed by atoms with Gasteiger partial charge in [-0.05, 0) is 6.42 Å². The van der Waals surface area contributed by atoms with E-state index in [-0.39, 0.29) is 33.0 Å². The number of aliphatic hydroxyl groups is 10. The van der Waals surface area contributed by atoms with Crippen molar-refractivity contribution in [1.82, 2.24) is 0 Å². The van der Waals surface area contributed by atoms with Gasteiger partial charge in [0.1, 0.15) is 36.6 Å². The Labute approximate surface area is 232 Å². The average molecular weight is 587 g/mol. The molecule has 0 aliphatic carbocycles. The second-order valence-corrected chi connectivity index (χ2v) is 10.8. The first kappa shape index (κ1) is 33.9. The maximum atomic E-state index is 10.8. The normalized spacial score (nSPS) is 46.4. The zero-order chi connectivity index (χ0) is 29.6. The molecule has 3 fully saturated rings. The summed E-state index contributed by atoms with van der Waals surface area (Å²) in [5, 5.41) is 101. The highest BCUT2D eigenvalue weighted by Crippen LogP contribution is 2.31. The molecule has 0 bridgehead atoms. The molecule has 40 heavy (non-hydrogen) atoms. The molecule has 236 valence electrons. The van der Waals surface area contributed by atoms with Crippen molar-refractivity contribution in [3.05, 3.63) is 0 Å². The van der Waals surface area contributed by atoms with E-state index < -0.39 is 111 Å². The molecule has 0 spiro atoms. The number of hydrogen-bond donors (Lipinski definition) is 10. The Balaban J connectivity index is 1.51. The van der Waals surface area contributed by atoms with Crippen LogP contribution in [0.1, 0.15) is 13.3 Å². The van der Waals surface area contributed by atoms with Crippen LogP contribution in [0, 0.1) is 17.8 Å². The summed E-state index contributed by atoms with van der Waals surface area (Å²) in [6.45, 7) is -0.924. The van der Waals surface area contributed by atoms with Crippen LogP contribution < -0.4 is 0 Å². The highest BCUT2D eigenvalue weighted by molar-refractivity contribution is 4.95. The smallest absolute Gasteiger partial charge is 0.110 e. The molecule has 0 aromatic carbocycles. The van der Waals surface area contributed by atoms with E-state index in [0.717, 1.165) is 0 Å². The molecule has 0 aromatic rings. The third-order valence-electron chi connectivity index (χ3n) is 8.37. The second kappa shape index (κ2) is 15.7. The van der Waals surface area contributed by atoms with Gasteiger partial charge >= 0.3 is 0 Å². The summed E-state index contributed by atoms with van der Waals surface area (Å²) in [6, 6.07) is 0. The summed E-state index contributed by atoms with van der Waals surface area (Å²) in [4.78, 5) is 0. The standard InChI is InChI=1S/C25H46O15/c1-2-11-14(3-26)39-18(24(34)20(11)30)9-37-8-13-16(5-28)40-19(25(35)22(13)32)10-36-7-12-15(4-27)38-17(6-29)23(33)21(12)31/h11-35H,2-10H2,1H3/t11-,12-,13-,14?,15?,16?,17+,18+,19+,20?,21?,22-,23-,24-,25?/m1/s1. The summed E-state index contributed by atoms with van der Waals surface area (Å²) in [7, 11) is 0. The molecule has 15 heteroatoms. The van der Waals surface area contributed by atoms with Crippen LogP contribution in [-0.2, 0) is 23.7 Å². The van der Waals surface area contributed by atoms with Crippen molar-refractivity contribution in [2.45, 2.75) is 86.6 Å². The Morgan fingerprint density at radius 1 is 0.425 bits per heavy atom. The van der Waals surface area contributed by atoms with Crippen LogP contribution in [0.3, 0.4) is 0 Å². The summed E-state index contributed by atoms with van der Waals surface area (Å²) < 4.78 is 28.1. The predicted molar refractivity (Wildman–Crippen MR) is 133 cm³/mol. The Morgan fingerprint density at radius 3 is 1.12 bits per heavy atom. The first-order valence-electron chi connectivity index (χ1n) is 13.8. The van der Waals surface area contributed by atoms with Crippen molar-refractivity contribution in [3.8, 4) is 0 Å². The maximum absolute atomic E-state index is 10.8. The summed E-state index contributed by atoms with van der Waals surface area (Å²) in [5.41, 5.74) is 0. The fourth-order valence-electron chi connectivity index (χ4n) is 5.82. The van der Waals surface area contributed by atoms with Crippen molar-refractivity contribution in [3.63, 3.8) is 0 Å². The van der Waals surface area contributed by atoms with Crippen LogP contribution >= 0.6 is 0 Å². The fraction of sp³-hybridized carbons (Fsp3) is 1.00. The van der Waals surface area contributed by atoms with E-state index in [1.54, 1.807) is 0 Å². The van der Waals surface area contributed by atoms with E-state index in [2.05, 4.69) is 0 Å². The van der Waals surface area contributed by atoms with Crippen LogP contribution in [0.25, 0.3) is 0 Å². The lowest BCUT2D eigenvalue weighted by atomic mass is 9.85. The lowest BCUT2D eigenvalue weighted by molar-refractivity contribution is -0.247. The van der Waals surface area contributed by atoms with Gasteiger partial charge in [0.2, 0.25) is 0 Å². The van der Waals surface area contributed by atoms with Crippen LogP contribution in [0.4, 0.5) is 0 Å². The minimum atomic E-state index is -1.44. The summed E-state index contributed by atoms with van der Waals surface area (Å²) in [6.07, 6.45) is -13.1. The van der Waals surface area contributed by atoms with Gasteiger partial charge < -0.3 is 74.7 Å². The Morgan fingerprint density at radius 2 is 0.750 bits per heavy atom. The number of aliphatic hydroxyl groups excluding tert-OH is 10. The number of ether oxygens (including phenoxy) is 5. The van der Waals surface area contributed by atoms with Crippen molar-refractivity contribution < 1.29 is 74.7 Å². The van der Waals surface area contributed by atoms with Crippen LogP contribution in [0.5, 0.6) is 0 Å². The summed E-state index contributed by atoms with van der Waals surface area (Å²) >= 11 is 0. The van der Waals surface area contributed by atoms with E-state index >= 15 is 0 Å². The van der Waals surface area contributed by atoms with E-state index in [1.165, 1.54) is 0 Å². The molecule has 3 aliphatic rings. The average Bonchev–Trinajstić information content (AvgIpc) is 2.96. The minimum absolute atomic E-state index is 0.185. The molecular formula is C25H46O15.